The van der Waals surface area contributed by atoms with Gasteiger partial charge in [-0.2, -0.15) is 0 Å². The van der Waals surface area contributed by atoms with Gasteiger partial charge in [-0.25, -0.2) is 13.2 Å². The zero-order valence-electron chi connectivity index (χ0n) is 14.9. The second-order valence-electron chi connectivity index (χ2n) is 5.72. The van der Waals surface area contributed by atoms with Gasteiger partial charge in [-0.05, 0) is 49.4 Å². The van der Waals surface area contributed by atoms with Gasteiger partial charge in [0, 0.05) is 5.02 Å². The number of halogens is 2. The van der Waals surface area contributed by atoms with Crippen LogP contribution in [0.4, 0.5) is 5.69 Å². The molecule has 0 saturated carbocycles. The van der Waals surface area contributed by atoms with Crippen molar-refractivity contribution in [2.24, 2.45) is 0 Å². The first-order valence-electron chi connectivity index (χ1n) is 8.02. The molecule has 2 aromatic rings. The Hall–Kier alpha value is -2.35. The lowest BCUT2D eigenvalue weighted by atomic mass is 10.2. The molecular weight excluding hydrogens is 425 g/mol. The van der Waals surface area contributed by atoms with E-state index in [0.717, 1.165) is 10.4 Å². The van der Waals surface area contributed by atoms with Crippen LogP contribution in [0.3, 0.4) is 0 Å². The van der Waals surface area contributed by atoms with Crippen LogP contribution in [0, 0.1) is 0 Å². The fourth-order valence-corrected chi connectivity index (χ4v) is 4.33. The minimum atomic E-state index is -4.13. The number of nitrogens with zero attached hydrogens (tertiary/aromatic N) is 1. The van der Waals surface area contributed by atoms with E-state index in [2.05, 4.69) is 6.58 Å². The molecule has 28 heavy (non-hydrogen) atoms. The van der Waals surface area contributed by atoms with Crippen molar-refractivity contribution in [2.75, 3.05) is 17.5 Å². The normalized spacial score (nSPS) is 11.0. The Bertz CT molecular complexity index is 1000. The molecule has 6 nitrogen and oxygen atoms in total. The third-order valence-corrected chi connectivity index (χ3v) is 6.08. The first kappa shape index (κ1) is 21.9. The third-order valence-electron chi connectivity index (χ3n) is 3.55. The molecular formula is C19H17Cl2NO5S. The van der Waals surface area contributed by atoms with E-state index in [1.807, 2.05) is 0 Å². The number of benzene rings is 2. The van der Waals surface area contributed by atoms with Crippen LogP contribution in [0.15, 0.2) is 60.0 Å². The van der Waals surface area contributed by atoms with Gasteiger partial charge in [0.2, 0.25) is 0 Å². The van der Waals surface area contributed by atoms with Gasteiger partial charge in [-0.1, -0.05) is 29.3 Å². The van der Waals surface area contributed by atoms with Crippen molar-refractivity contribution < 1.29 is 22.7 Å². The first-order chi connectivity index (χ1) is 13.2. The Morgan fingerprint density at radius 1 is 1.14 bits per heavy atom. The number of carbonyl (C=O) groups excluding carboxylic acids is 2. The standard InChI is InChI=1S/C19H17Cl2NO5S/c1-3-10-22(16-7-5-15(20)6-8-16)28(25,26)18-11-14(4-9-17(18)21)19(24)27-12-13(2)23/h3-9,11H,1,10,12H2,2H3. The van der Waals surface area contributed by atoms with Crippen LogP contribution in [0.25, 0.3) is 0 Å². The number of rotatable bonds is 8. The second-order valence-corrected chi connectivity index (χ2v) is 8.40. The molecule has 0 aliphatic heterocycles. The molecule has 0 N–H and O–H groups in total. The maximum atomic E-state index is 13.2. The number of Topliss-reactive ketones (excluding diaryl/α,β-unsaturated/α-hetero) is 1. The van der Waals surface area contributed by atoms with Gasteiger partial charge >= 0.3 is 5.97 Å². The van der Waals surface area contributed by atoms with E-state index in [4.69, 9.17) is 27.9 Å². The number of hydrogen-bond acceptors (Lipinski definition) is 5. The molecule has 0 saturated heterocycles. The molecule has 0 amide bonds. The molecule has 0 bridgehead atoms. The van der Waals surface area contributed by atoms with Crippen LogP contribution < -0.4 is 4.31 Å². The van der Waals surface area contributed by atoms with E-state index in [1.165, 1.54) is 25.1 Å². The summed E-state index contributed by atoms with van der Waals surface area (Å²) in [5.74, 6) is -1.17. The summed E-state index contributed by atoms with van der Waals surface area (Å²) in [6, 6.07) is 9.92. The lowest BCUT2D eigenvalue weighted by molar-refractivity contribution is -0.120. The number of ketones is 1. The van der Waals surface area contributed by atoms with Crippen molar-refractivity contribution in [3.8, 4) is 0 Å². The Balaban J connectivity index is 2.48. The van der Waals surface area contributed by atoms with Gasteiger partial charge < -0.3 is 4.74 Å². The van der Waals surface area contributed by atoms with Crippen molar-refractivity contribution in [2.45, 2.75) is 11.8 Å². The molecule has 0 radical (unpaired) electrons. The SMILES string of the molecule is C=CCN(c1ccc(Cl)cc1)S(=O)(=O)c1cc(C(=O)OCC(C)=O)ccc1Cl. The molecule has 0 spiro atoms. The summed E-state index contributed by atoms with van der Waals surface area (Å²) in [7, 11) is -4.13. The molecule has 0 aromatic heterocycles. The van der Waals surface area contributed by atoms with Gasteiger partial charge in [0.25, 0.3) is 10.0 Å². The highest BCUT2D eigenvalue weighted by atomic mass is 35.5. The molecule has 9 heteroatoms. The van der Waals surface area contributed by atoms with Gasteiger partial charge in [0.1, 0.15) is 11.5 Å². The number of ether oxygens (including phenoxy) is 1. The number of carbonyl (C=O) groups is 2. The van der Waals surface area contributed by atoms with Crippen molar-refractivity contribution in [3.05, 3.63) is 70.7 Å². The van der Waals surface area contributed by atoms with E-state index in [9.17, 15) is 18.0 Å². The van der Waals surface area contributed by atoms with E-state index < -0.39 is 22.6 Å². The fraction of sp³-hybridized carbons (Fsp3) is 0.158. The van der Waals surface area contributed by atoms with Crippen LogP contribution in [0.1, 0.15) is 17.3 Å². The van der Waals surface area contributed by atoms with Gasteiger partial charge in [0.05, 0.1) is 22.8 Å². The maximum Gasteiger partial charge on any atom is 0.338 e. The van der Waals surface area contributed by atoms with Gasteiger partial charge in [-0.3, -0.25) is 9.10 Å². The lowest BCUT2D eigenvalue weighted by Gasteiger charge is -2.24. The summed E-state index contributed by atoms with van der Waals surface area (Å²) in [5.41, 5.74) is 0.309. The minimum Gasteiger partial charge on any atom is -0.454 e. The second kappa shape index (κ2) is 9.23. The summed E-state index contributed by atoms with van der Waals surface area (Å²) >= 11 is 12.0. The van der Waals surface area contributed by atoms with E-state index in [1.54, 1.807) is 24.3 Å². The largest absolute Gasteiger partial charge is 0.454 e. The van der Waals surface area contributed by atoms with Gasteiger partial charge in [0.15, 0.2) is 5.78 Å². The fourth-order valence-electron chi connectivity index (χ4n) is 2.26. The number of anilines is 1. The van der Waals surface area contributed by atoms with Crippen LogP contribution in [0.2, 0.25) is 10.0 Å². The monoisotopic (exact) mass is 441 g/mol. The average Bonchev–Trinajstić information content (AvgIpc) is 2.65. The van der Waals surface area contributed by atoms with E-state index in [-0.39, 0.29) is 27.8 Å². The Morgan fingerprint density at radius 2 is 1.79 bits per heavy atom. The predicted molar refractivity (Wildman–Crippen MR) is 109 cm³/mol. The van der Waals surface area contributed by atoms with Crippen molar-refractivity contribution in [1.82, 2.24) is 0 Å². The molecule has 2 aromatic carbocycles. The minimum absolute atomic E-state index is 0.0285. The highest BCUT2D eigenvalue weighted by Gasteiger charge is 2.28. The first-order valence-corrected chi connectivity index (χ1v) is 10.2. The Kier molecular flexibility index (Phi) is 7.23. The zero-order chi connectivity index (χ0) is 20.9. The van der Waals surface area contributed by atoms with Crippen molar-refractivity contribution in [3.63, 3.8) is 0 Å². The maximum absolute atomic E-state index is 13.2. The molecule has 0 aliphatic carbocycles. The predicted octanol–water partition coefficient (Wildman–Crippen LogP) is 4.12. The summed E-state index contributed by atoms with van der Waals surface area (Å²) in [6.07, 6.45) is 1.42. The molecule has 0 aliphatic rings. The Labute approximate surface area is 173 Å². The summed E-state index contributed by atoms with van der Waals surface area (Å²) in [6.45, 7) is 4.42. The van der Waals surface area contributed by atoms with Crippen molar-refractivity contribution in [1.29, 1.82) is 0 Å². The Morgan fingerprint density at radius 3 is 2.36 bits per heavy atom. The third kappa shape index (κ3) is 5.13. The summed E-state index contributed by atoms with van der Waals surface area (Å²) < 4.78 is 32.4. The van der Waals surface area contributed by atoms with Crippen LogP contribution in [0.5, 0.6) is 0 Å². The number of esters is 1. The molecule has 0 atom stereocenters. The lowest BCUT2D eigenvalue weighted by Crippen LogP contribution is -2.31. The van der Waals surface area contributed by atoms with Crippen molar-refractivity contribution >= 4 is 50.7 Å². The van der Waals surface area contributed by atoms with E-state index in [0.29, 0.717) is 10.7 Å². The molecule has 0 unspecified atom stereocenters. The zero-order valence-corrected chi connectivity index (χ0v) is 17.2. The average molecular weight is 442 g/mol. The summed E-state index contributed by atoms with van der Waals surface area (Å²) in [4.78, 5) is 22.8. The van der Waals surface area contributed by atoms with Crippen LogP contribution in [-0.4, -0.2) is 33.3 Å². The van der Waals surface area contributed by atoms with Gasteiger partial charge in [-0.15, -0.1) is 6.58 Å². The van der Waals surface area contributed by atoms with E-state index >= 15 is 0 Å². The summed E-state index contributed by atoms with van der Waals surface area (Å²) in [5, 5.41) is 0.388. The quantitative estimate of drug-likeness (QED) is 0.454. The number of sulfonamides is 1. The van der Waals surface area contributed by atoms with Crippen LogP contribution >= 0.6 is 23.2 Å². The highest BCUT2D eigenvalue weighted by molar-refractivity contribution is 7.93. The van der Waals surface area contributed by atoms with Crippen LogP contribution in [-0.2, 0) is 19.6 Å². The topological polar surface area (TPSA) is 80.8 Å². The molecule has 2 rings (SSSR count). The number of hydrogen-bond donors (Lipinski definition) is 0. The highest BCUT2D eigenvalue weighted by Crippen LogP contribution is 2.30. The molecule has 0 heterocycles. The smallest absolute Gasteiger partial charge is 0.338 e. The molecule has 0 fully saturated rings. The molecule has 148 valence electrons.